The molecule has 0 saturated heterocycles. The molecule has 0 aliphatic carbocycles. The summed E-state index contributed by atoms with van der Waals surface area (Å²) in [5.41, 5.74) is 9.88. The van der Waals surface area contributed by atoms with E-state index in [2.05, 4.69) is 194 Å². The Morgan fingerprint density at radius 3 is 1.14 bits per heavy atom. The van der Waals surface area contributed by atoms with Gasteiger partial charge in [0.1, 0.15) is 0 Å². The zero-order valence-corrected chi connectivity index (χ0v) is 27.5. The van der Waals surface area contributed by atoms with E-state index >= 15 is 0 Å². The number of fused-ring (bicyclic) bond motifs is 6. The summed E-state index contributed by atoms with van der Waals surface area (Å²) >= 11 is 0. The van der Waals surface area contributed by atoms with Crippen LogP contribution in [0.25, 0.3) is 98.4 Å². The van der Waals surface area contributed by atoms with Gasteiger partial charge in [-0.2, -0.15) is 0 Å². The maximum atomic E-state index is 2.47. The third-order valence-electron chi connectivity index (χ3n) is 10.4. The Labute approximate surface area is 291 Å². The minimum absolute atomic E-state index is 1.22. The summed E-state index contributed by atoms with van der Waals surface area (Å²) in [6.45, 7) is 0. The van der Waals surface area contributed by atoms with Gasteiger partial charge in [-0.25, -0.2) is 0 Å². The van der Waals surface area contributed by atoms with Crippen LogP contribution in [0.15, 0.2) is 194 Å². The average Bonchev–Trinajstić information content (AvgIpc) is 3.19. The van der Waals surface area contributed by atoms with Crippen molar-refractivity contribution in [3.05, 3.63) is 194 Å². The van der Waals surface area contributed by atoms with Crippen LogP contribution >= 0.6 is 0 Å². The van der Waals surface area contributed by atoms with Crippen molar-refractivity contribution in [1.82, 2.24) is 0 Å². The highest BCUT2D eigenvalue weighted by Gasteiger charge is 2.20. The first-order chi connectivity index (χ1) is 24.8. The van der Waals surface area contributed by atoms with Crippen LogP contribution in [0.2, 0.25) is 0 Å². The predicted molar refractivity (Wildman–Crippen MR) is 216 cm³/mol. The van der Waals surface area contributed by atoms with Crippen molar-refractivity contribution < 1.29 is 0 Å². The van der Waals surface area contributed by atoms with Gasteiger partial charge in [-0.05, 0) is 135 Å². The van der Waals surface area contributed by atoms with E-state index in [1.165, 1.54) is 98.4 Å². The molecule has 0 fully saturated rings. The molecular formula is C50H32. The number of benzene rings is 10. The Balaban J connectivity index is 1.39. The topological polar surface area (TPSA) is 0 Å². The van der Waals surface area contributed by atoms with Gasteiger partial charge in [0, 0.05) is 0 Å². The molecule has 0 N–H and O–H groups in total. The van der Waals surface area contributed by atoms with Gasteiger partial charge in [0.25, 0.3) is 0 Å². The van der Waals surface area contributed by atoms with Crippen molar-refractivity contribution in [3.8, 4) is 44.5 Å². The van der Waals surface area contributed by atoms with E-state index in [0.717, 1.165) is 0 Å². The van der Waals surface area contributed by atoms with Gasteiger partial charge < -0.3 is 0 Å². The van der Waals surface area contributed by atoms with Crippen LogP contribution < -0.4 is 0 Å². The lowest BCUT2D eigenvalue weighted by Crippen LogP contribution is -1.93. The lowest BCUT2D eigenvalue weighted by Gasteiger charge is -2.20. The predicted octanol–water partition coefficient (Wildman–Crippen LogP) is 14.1. The van der Waals surface area contributed by atoms with E-state index in [1.807, 2.05) is 0 Å². The highest BCUT2D eigenvalue weighted by molar-refractivity contribution is 6.27. The van der Waals surface area contributed by atoms with Gasteiger partial charge >= 0.3 is 0 Å². The summed E-state index contributed by atoms with van der Waals surface area (Å²) in [6, 6.07) is 71.5. The second-order valence-corrected chi connectivity index (χ2v) is 13.3. The molecule has 0 spiro atoms. The third-order valence-corrected chi connectivity index (χ3v) is 10.4. The number of hydrogen-bond acceptors (Lipinski definition) is 0. The molecule has 0 aliphatic heterocycles. The van der Waals surface area contributed by atoms with Crippen molar-refractivity contribution in [2.45, 2.75) is 0 Å². The smallest absolute Gasteiger partial charge is 0.00257 e. The quantitative estimate of drug-likeness (QED) is 0.134. The van der Waals surface area contributed by atoms with Crippen molar-refractivity contribution in [2.75, 3.05) is 0 Å². The molecule has 0 unspecified atom stereocenters. The van der Waals surface area contributed by atoms with Crippen LogP contribution in [0, 0.1) is 0 Å². The van der Waals surface area contributed by atoms with Crippen LogP contribution in [0.3, 0.4) is 0 Å². The zero-order chi connectivity index (χ0) is 33.0. The Hall–Kier alpha value is -6.50. The lowest BCUT2D eigenvalue weighted by molar-refractivity contribution is 1.61. The summed E-state index contributed by atoms with van der Waals surface area (Å²) in [5.74, 6) is 0. The van der Waals surface area contributed by atoms with E-state index in [9.17, 15) is 0 Å². The summed E-state index contributed by atoms with van der Waals surface area (Å²) in [4.78, 5) is 0. The molecule has 0 aromatic heterocycles. The van der Waals surface area contributed by atoms with E-state index in [0.29, 0.717) is 0 Å². The van der Waals surface area contributed by atoms with Crippen molar-refractivity contribution in [1.29, 1.82) is 0 Å². The van der Waals surface area contributed by atoms with E-state index in [1.54, 1.807) is 0 Å². The maximum Gasteiger partial charge on any atom is -0.00257 e. The van der Waals surface area contributed by atoms with Crippen LogP contribution in [0.1, 0.15) is 0 Å². The fraction of sp³-hybridized carbons (Fsp3) is 0. The fourth-order valence-electron chi connectivity index (χ4n) is 8.00. The third kappa shape index (κ3) is 4.69. The standard InChI is InChI=1S/C50H32/c1-3-13-33(14-4-1)36-20-11-22-41(27-36)49-45-29-38-18-7-8-19-39(38)30-46(45)50(42-23-12-21-37(28-42)34-15-5-2-6-16-34)48-32-44-40(31-47(48)49)26-25-35-17-9-10-24-43(35)44/h1-32H. The van der Waals surface area contributed by atoms with Gasteiger partial charge in [-0.1, -0.05) is 158 Å². The molecular weight excluding hydrogens is 601 g/mol. The molecule has 0 heterocycles. The molecule has 10 aromatic carbocycles. The zero-order valence-electron chi connectivity index (χ0n) is 27.5. The first-order valence-corrected chi connectivity index (χ1v) is 17.3. The van der Waals surface area contributed by atoms with Crippen LogP contribution in [0.5, 0.6) is 0 Å². The van der Waals surface area contributed by atoms with Gasteiger partial charge in [0.05, 0.1) is 0 Å². The summed E-state index contributed by atoms with van der Waals surface area (Å²) < 4.78 is 0. The Morgan fingerprint density at radius 2 is 0.580 bits per heavy atom. The lowest BCUT2D eigenvalue weighted by atomic mass is 9.82. The minimum Gasteiger partial charge on any atom is -0.0622 e. The number of hydrogen-bond donors (Lipinski definition) is 0. The van der Waals surface area contributed by atoms with Gasteiger partial charge in [-0.15, -0.1) is 0 Å². The molecule has 0 bridgehead atoms. The molecule has 0 radical (unpaired) electrons. The average molecular weight is 633 g/mol. The van der Waals surface area contributed by atoms with Crippen LogP contribution in [-0.2, 0) is 0 Å². The van der Waals surface area contributed by atoms with E-state index in [-0.39, 0.29) is 0 Å². The second-order valence-electron chi connectivity index (χ2n) is 13.3. The Bertz CT molecular complexity index is 2900. The summed E-state index contributed by atoms with van der Waals surface area (Å²) in [5, 5.41) is 12.6. The molecule has 10 aromatic rings. The Kier molecular flexibility index (Phi) is 6.60. The van der Waals surface area contributed by atoms with Gasteiger partial charge in [0.2, 0.25) is 0 Å². The summed E-state index contributed by atoms with van der Waals surface area (Å²) in [6.07, 6.45) is 0. The fourth-order valence-corrected chi connectivity index (χ4v) is 8.00. The first-order valence-electron chi connectivity index (χ1n) is 17.3. The van der Waals surface area contributed by atoms with E-state index in [4.69, 9.17) is 0 Å². The highest BCUT2D eigenvalue weighted by Crippen LogP contribution is 2.47. The molecule has 0 aliphatic rings. The van der Waals surface area contributed by atoms with Gasteiger partial charge in [0.15, 0.2) is 0 Å². The van der Waals surface area contributed by atoms with Crippen LogP contribution in [-0.4, -0.2) is 0 Å². The minimum atomic E-state index is 1.22. The second kappa shape index (κ2) is 11.6. The van der Waals surface area contributed by atoms with Crippen molar-refractivity contribution >= 4 is 53.9 Å². The maximum absolute atomic E-state index is 2.47. The molecule has 0 atom stereocenters. The molecule has 0 heteroatoms. The van der Waals surface area contributed by atoms with Gasteiger partial charge in [-0.3, -0.25) is 0 Å². The largest absolute Gasteiger partial charge is 0.0622 e. The molecule has 10 rings (SSSR count). The monoisotopic (exact) mass is 632 g/mol. The first kappa shape index (κ1) is 28.5. The molecule has 0 saturated carbocycles. The molecule has 50 heavy (non-hydrogen) atoms. The SMILES string of the molecule is c1ccc(-c2cccc(-c3c4cc5ccccc5cc4c(-c4cccc(-c5ccccc5)c4)c4cc5c(ccc6ccccc65)cc34)c2)cc1. The van der Waals surface area contributed by atoms with E-state index < -0.39 is 0 Å². The summed E-state index contributed by atoms with van der Waals surface area (Å²) in [7, 11) is 0. The normalized spacial score (nSPS) is 11.6. The van der Waals surface area contributed by atoms with Crippen LogP contribution in [0.4, 0.5) is 0 Å². The molecule has 0 amide bonds. The van der Waals surface area contributed by atoms with Crippen molar-refractivity contribution in [3.63, 3.8) is 0 Å². The Morgan fingerprint density at radius 1 is 0.180 bits per heavy atom. The number of rotatable bonds is 4. The van der Waals surface area contributed by atoms with Crippen molar-refractivity contribution in [2.24, 2.45) is 0 Å². The molecule has 0 nitrogen and oxygen atoms in total. The highest BCUT2D eigenvalue weighted by atomic mass is 14.2. The molecule has 232 valence electrons.